The number of alkyl halides is 3. The highest BCUT2D eigenvalue weighted by molar-refractivity contribution is 7.91. The second-order valence-electron chi connectivity index (χ2n) is 8.54. The smallest absolute Gasteiger partial charge is 0.231 e. The number of nitrogens with one attached hydrogen (secondary N) is 1. The summed E-state index contributed by atoms with van der Waals surface area (Å²) in [6.07, 6.45) is 7.65. The third kappa shape index (κ3) is 10.9. The van der Waals surface area contributed by atoms with Crippen molar-refractivity contribution in [3.05, 3.63) is 52.4 Å². The van der Waals surface area contributed by atoms with Gasteiger partial charge in [0.2, 0.25) is 10.0 Å². The number of unbranched alkanes of at least 4 members (excludes halogenated alkanes) is 9. The lowest BCUT2D eigenvalue weighted by Crippen LogP contribution is -2.23. The summed E-state index contributed by atoms with van der Waals surface area (Å²) < 4.78 is 65.8. The van der Waals surface area contributed by atoms with Crippen molar-refractivity contribution in [2.45, 2.75) is 94.6 Å². The summed E-state index contributed by atoms with van der Waals surface area (Å²) in [7, 11) is -3.53. The average molecular weight is 518 g/mol. The van der Waals surface area contributed by atoms with Crippen LogP contribution in [-0.2, 0) is 29.3 Å². The molecule has 1 aromatic heterocycles. The van der Waals surface area contributed by atoms with E-state index in [1.807, 2.05) is 0 Å². The third-order valence-corrected chi connectivity index (χ3v) is 8.59. The maximum atomic E-state index is 12.6. The van der Waals surface area contributed by atoms with Gasteiger partial charge in [-0.2, -0.15) is 13.2 Å². The van der Waals surface area contributed by atoms with Gasteiger partial charge in [-0.1, -0.05) is 76.8 Å². The monoisotopic (exact) mass is 517 g/mol. The van der Waals surface area contributed by atoms with Crippen molar-refractivity contribution in [3.63, 3.8) is 0 Å². The van der Waals surface area contributed by atoms with Crippen LogP contribution in [-0.4, -0.2) is 15.0 Å². The predicted octanol–water partition coefficient (Wildman–Crippen LogP) is 7.27. The van der Waals surface area contributed by atoms with Crippen LogP contribution in [0.1, 0.15) is 87.1 Å². The Kier molecular flexibility index (Phi) is 12.6. The van der Waals surface area contributed by atoms with Crippen molar-refractivity contribution in [3.8, 4) is 0 Å². The number of hydrogen-bond acceptors (Lipinski definition) is 3. The van der Waals surface area contributed by atoms with Crippen LogP contribution >= 0.6 is 11.3 Å². The van der Waals surface area contributed by atoms with Gasteiger partial charge in [0.15, 0.2) is 0 Å². The van der Waals surface area contributed by atoms with E-state index in [9.17, 15) is 21.6 Å². The Hall–Kier alpha value is -1.42. The molecule has 0 aliphatic rings. The SMILES string of the molecule is CCCCCCCCCCCCNS(=O)(=O)c1ccc(C[N]Cc2ccc(C(F)(F)F)cc2)s1. The molecule has 0 saturated heterocycles. The minimum Gasteiger partial charge on any atom is -0.231 e. The molecule has 0 aliphatic carbocycles. The van der Waals surface area contributed by atoms with Crippen molar-refractivity contribution < 1.29 is 21.6 Å². The molecule has 1 aromatic carbocycles. The zero-order valence-electron chi connectivity index (χ0n) is 19.9. The molecular weight excluding hydrogens is 481 g/mol. The zero-order valence-corrected chi connectivity index (χ0v) is 21.5. The van der Waals surface area contributed by atoms with Crippen molar-refractivity contribution in [2.75, 3.05) is 6.54 Å². The molecule has 0 saturated carbocycles. The van der Waals surface area contributed by atoms with Gasteiger partial charge in [0.1, 0.15) is 4.21 Å². The van der Waals surface area contributed by atoms with Crippen LogP contribution in [0.4, 0.5) is 13.2 Å². The van der Waals surface area contributed by atoms with Gasteiger partial charge in [0, 0.05) is 24.5 Å². The van der Waals surface area contributed by atoms with Crippen LogP contribution in [0.25, 0.3) is 0 Å². The standard InChI is InChI=1S/C25H36F3N2O2S2/c1-2-3-4-5-6-7-8-9-10-11-18-30-34(31,32)24-17-16-23(33-24)20-29-19-21-12-14-22(15-13-21)25(26,27)28/h12-17,30H,2-11,18-20H2,1H3. The highest BCUT2D eigenvalue weighted by Gasteiger charge is 2.29. The van der Waals surface area contributed by atoms with E-state index in [0.29, 0.717) is 18.7 Å². The quantitative estimate of drug-likeness (QED) is 0.224. The van der Waals surface area contributed by atoms with Crippen LogP contribution < -0.4 is 10.0 Å². The Morgan fingerprint density at radius 3 is 2.00 bits per heavy atom. The van der Waals surface area contributed by atoms with Crippen molar-refractivity contribution in [1.82, 2.24) is 10.0 Å². The highest BCUT2D eigenvalue weighted by atomic mass is 32.2. The second-order valence-corrected chi connectivity index (χ2v) is 11.7. The topological polar surface area (TPSA) is 60.3 Å². The molecule has 0 bridgehead atoms. The lowest BCUT2D eigenvalue weighted by Gasteiger charge is -2.07. The lowest BCUT2D eigenvalue weighted by atomic mass is 10.1. The summed E-state index contributed by atoms with van der Waals surface area (Å²) in [4.78, 5) is 0.797. The van der Waals surface area contributed by atoms with Crippen LogP contribution in [0.15, 0.2) is 40.6 Å². The summed E-state index contributed by atoms with van der Waals surface area (Å²) >= 11 is 1.17. The van der Waals surface area contributed by atoms with Gasteiger partial charge >= 0.3 is 6.18 Å². The Balaban J connectivity index is 1.62. The maximum absolute atomic E-state index is 12.6. The predicted molar refractivity (Wildman–Crippen MR) is 132 cm³/mol. The van der Waals surface area contributed by atoms with Gasteiger partial charge in [-0.15, -0.1) is 11.3 Å². The number of thiophene rings is 1. The second kappa shape index (κ2) is 14.9. The Labute approximate surface area is 206 Å². The van der Waals surface area contributed by atoms with Gasteiger partial charge in [-0.05, 0) is 36.2 Å². The third-order valence-electron chi connectivity index (χ3n) is 5.57. The normalized spacial score (nSPS) is 12.4. The van der Waals surface area contributed by atoms with Gasteiger partial charge in [0.25, 0.3) is 0 Å². The average Bonchev–Trinajstić information content (AvgIpc) is 3.27. The molecule has 0 spiro atoms. The molecule has 1 N–H and O–H groups in total. The minimum atomic E-state index is -4.35. The van der Waals surface area contributed by atoms with E-state index in [1.54, 1.807) is 12.1 Å². The number of halogens is 3. The fourth-order valence-electron chi connectivity index (χ4n) is 3.57. The first-order chi connectivity index (χ1) is 16.2. The molecule has 0 atom stereocenters. The summed E-state index contributed by atoms with van der Waals surface area (Å²) in [6.45, 7) is 3.25. The molecule has 0 fully saturated rings. The Morgan fingerprint density at radius 2 is 1.41 bits per heavy atom. The maximum Gasteiger partial charge on any atom is 0.416 e. The van der Waals surface area contributed by atoms with Crippen LogP contribution in [0.2, 0.25) is 0 Å². The van der Waals surface area contributed by atoms with E-state index in [-0.39, 0.29) is 10.8 Å². The summed E-state index contributed by atoms with van der Waals surface area (Å²) in [5.41, 5.74) is -0.00905. The van der Waals surface area contributed by atoms with E-state index in [2.05, 4.69) is 17.0 Å². The molecule has 9 heteroatoms. The number of benzene rings is 1. The van der Waals surface area contributed by atoms with E-state index < -0.39 is 21.8 Å². The Morgan fingerprint density at radius 1 is 0.824 bits per heavy atom. The lowest BCUT2D eigenvalue weighted by molar-refractivity contribution is -0.137. The van der Waals surface area contributed by atoms with Crippen molar-refractivity contribution in [1.29, 1.82) is 0 Å². The van der Waals surface area contributed by atoms with E-state index >= 15 is 0 Å². The van der Waals surface area contributed by atoms with E-state index in [1.165, 1.54) is 68.4 Å². The molecular formula is C25H36F3N2O2S2. The Bertz CT molecular complexity index is 926. The summed E-state index contributed by atoms with van der Waals surface area (Å²) in [5.74, 6) is 0. The minimum absolute atomic E-state index is 0.263. The van der Waals surface area contributed by atoms with E-state index in [4.69, 9.17) is 0 Å². The van der Waals surface area contributed by atoms with Crippen LogP contribution in [0, 0.1) is 0 Å². The largest absolute Gasteiger partial charge is 0.416 e. The summed E-state index contributed by atoms with van der Waals surface area (Å²) in [5, 5.41) is 4.34. The molecule has 1 heterocycles. The van der Waals surface area contributed by atoms with Gasteiger partial charge in [-0.3, -0.25) is 0 Å². The molecule has 0 aliphatic heterocycles. The fourth-order valence-corrected chi connectivity index (χ4v) is 6.00. The number of nitrogens with zero attached hydrogens (tertiary/aromatic N) is 1. The zero-order chi connectivity index (χ0) is 24.9. The first-order valence-corrected chi connectivity index (χ1v) is 14.4. The van der Waals surface area contributed by atoms with Crippen LogP contribution in [0.3, 0.4) is 0 Å². The van der Waals surface area contributed by atoms with E-state index in [0.717, 1.165) is 36.3 Å². The van der Waals surface area contributed by atoms with Crippen LogP contribution in [0.5, 0.6) is 0 Å². The van der Waals surface area contributed by atoms with Gasteiger partial charge < -0.3 is 0 Å². The van der Waals surface area contributed by atoms with Gasteiger partial charge in [0.05, 0.1) is 5.56 Å². The van der Waals surface area contributed by atoms with Crippen molar-refractivity contribution in [2.24, 2.45) is 0 Å². The van der Waals surface area contributed by atoms with Gasteiger partial charge in [-0.25, -0.2) is 18.5 Å². The first kappa shape index (κ1) is 28.8. The highest BCUT2D eigenvalue weighted by Crippen LogP contribution is 2.29. The fraction of sp³-hybridized carbons (Fsp3) is 0.600. The molecule has 34 heavy (non-hydrogen) atoms. The molecule has 2 aromatic rings. The number of sulfonamides is 1. The number of rotatable bonds is 17. The first-order valence-electron chi connectivity index (χ1n) is 12.1. The molecule has 4 nitrogen and oxygen atoms in total. The van der Waals surface area contributed by atoms with Crippen molar-refractivity contribution >= 4 is 21.4 Å². The molecule has 1 radical (unpaired) electrons. The molecule has 2 rings (SSSR count). The summed E-state index contributed by atoms with van der Waals surface area (Å²) in [6, 6.07) is 8.22. The number of hydrogen-bond donors (Lipinski definition) is 1. The molecule has 0 unspecified atom stereocenters. The molecule has 0 amide bonds. The molecule has 191 valence electrons.